The molecular weight excluding hydrogens is 743 g/mol. The molecule has 0 aromatic rings. The van der Waals surface area contributed by atoms with Gasteiger partial charge in [0.05, 0.1) is 25.4 Å². The van der Waals surface area contributed by atoms with Crippen LogP contribution >= 0.6 is 0 Å². The van der Waals surface area contributed by atoms with Gasteiger partial charge in [0, 0.05) is 0 Å². The van der Waals surface area contributed by atoms with Gasteiger partial charge in [0.2, 0.25) is 5.91 Å². The smallest absolute Gasteiger partial charge is 0.394 e. The largest absolute Gasteiger partial charge is 0.397 e. The van der Waals surface area contributed by atoms with Gasteiger partial charge in [-0.3, -0.25) is 9.35 Å². The molecule has 8 unspecified atom stereocenters. The monoisotopic (exact) mass is 824 g/mol. The van der Waals surface area contributed by atoms with Gasteiger partial charge in [-0.1, -0.05) is 180 Å². The first-order valence-corrected chi connectivity index (χ1v) is 23.5. The second-order valence-electron chi connectivity index (χ2n) is 15.8. The summed E-state index contributed by atoms with van der Waals surface area (Å²) < 4.78 is 47.1. The molecule has 14 heteroatoms. The second kappa shape index (κ2) is 33.6. The van der Waals surface area contributed by atoms with Crippen molar-refractivity contribution in [3.63, 3.8) is 0 Å². The van der Waals surface area contributed by atoms with Gasteiger partial charge in [-0.05, 0) is 19.3 Å². The third kappa shape index (κ3) is 26.0. The Bertz CT molecular complexity index is 1080. The van der Waals surface area contributed by atoms with Crippen LogP contribution in [0.2, 0.25) is 0 Å². The van der Waals surface area contributed by atoms with E-state index in [4.69, 9.17) is 14.0 Å². The maximum atomic E-state index is 13.0. The molecular formula is C42H81NO12S. The highest BCUT2D eigenvalue weighted by Crippen LogP contribution is 2.26. The van der Waals surface area contributed by atoms with Crippen molar-refractivity contribution in [2.45, 2.75) is 236 Å². The second-order valence-corrected chi connectivity index (χ2v) is 16.8. The van der Waals surface area contributed by atoms with E-state index >= 15 is 0 Å². The van der Waals surface area contributed by atoms with Crippen molar-refractivity contribution in [1.29, 1.82) is 0 Å². The van der Waals surface area contributed by atoms with Crippen molar-refractivity contribution >= 4 is 16.3 Å². The summed E-state index contributed by atoms with van der Waals surface area (Å²) in [4.78, 5) is 13.0. The highest BCUT2D eigenvalue weighted by atomic mass is 32.3. The van der Waals surface area contributed by atoms with Gasteiger partial charge >= 0.3 is 10.4 Å². The van der Waals surface area contributed by atoms with Crippen LogP contribution in [-0.2, 0) is 28.9 Å². The lowest BCUT2D eigenvalue weighted by Crippen LogP contribution is -2.61. The quantitative estimate of drug-likeness (QED) is 0.0192. The molecule has 1 fully saturated rings. The van der Waals surface area contributed by atoms with E-state index < -0.39 is 78.5 Å². The van der Waals surface area contributed by atoms with Crippen LogP contribution in [0.15, 0.2) is 12.2 Å². The predicted octanol–water partition coefficient (Wildman–Crippen LogP) is 6.97. The minimum atomic E-state index is -5.11. The normalized spacial score (nSPS) is 22.0. The van der Waals surface area contributed by atoms with Crippen LogP contribution in [0.5, 0.6) is 0 Å². The standard InChI is InChI=1S/C42H81NO12S/c1-3-5-7-9-10-11-12-13-14-15-16-17-18-19-20-21-22-23-24-25-27-29-31-36(46)41(49)43-34(35(45)30-28-26-8-6-4-2)33-53-42-39(48)40(55-56(50,51)52)38(47)37(32-44)54-42/h28,30,34-40,42,44-48H,3-27,29,31-33H2,1-2H3,(H,43,49)(H,50,51,52)/b30-28+. The first kappa shape index (κ1) is 52.8. The molecule has 0 aromatic heterocycles. The molecule has 1 heterocycles. The molecule has 1 aliphatic heterocycles. The zero-order valence-corrected chi connectivity index (χ0v) is 35.6. The number of nitrogens with one attached hydrogen (secondary N) is 1. The number of carbonyl (C=O) groups excluding carboxylic acids is 1. The predicted molar refractivity (Wildman–Crippen MR) is 219 cm³/mol. The Kier molecular flexibility index (Phi) is 31.7. The van der Waals surface area contributed by atoms with Gasteiger partial charge in [0.25, 0.3) is 0 Å². The average Bonchev–Trinajstić information content (AvgIpc) is 3.16. The Hall–Kier alpha value is -1.20. The number of hydrogen-bond donors (Lipinski definition) is 7. The Morgan fingerprint density at radius 3 is 1.61 bits per heavy atom. The fourth-order valence-electron chi connectivity index (χ4n) is 7.11. The maximum Gasteiger partial charge on any atom is 0.397 e. The molecule has 0 radical (unpaired) electrons. The van der Waals surface area contributed by atoms with E-state index in [1.165, 1.54) is 122 Å². The number of amides is 1. The Labute approximate surface area is 339 Å². The number of carbonyl (C=O) groups is 1. The van der Waals surface area contributed by atoms with Gasteiger partial charge in [0.1, 0.15) is 30.5 Å². The molecule has 0 aromatic carbocycles. The number of unbranched alkanes of at least 4 members (excludes halogenated alkanes) is 24. The van der Waals surface area contributed by atoms with Crippen molar-refractivity contribution in [3.05, 3.63) is 12.2 Å². The Morgan fingerprint density at radius 2 is 1.16 bits per heavy atom. The SMILES string of the molecule is CCCCC/C=C/C(O)C(COC1OC(CO)C(O)C(OS(=O)(=O)O)C1O)NC(=O)C(O)CCCCCCCCCCCCCCCCCCCCCCCC. The van der Waals surface area contributed by atoms with Crippen LogP contribution in [0.4, 0.5) is 0 Å². The number of rotatable bonds is 37. The van der Waals surface area contributed by atoms with Crippen molar-refractivity contribution in [2.24, 2.45) is 0 Å². The summed E-state index contributed by atoms with van der Waals surface area (Å²) in [7, 11) is -5.11. The van der Waals surface area contributed by atoms with Gasteiger partial charge in [0.15, 0.2) is 6.29 Å². The van der Waals surface area contributed by atoms with Crippen LogP contribution in [0.25, 0.3) is 0 Å². The van der Waals surface area contributed by atoms with Crippen molar-refractivity contribution in [3.8, 4) is 0 Å². The summed E-state index contributed by atoms with van der Waals surface area (Å²) in [5.74, 6) is -0.707. The van der Waals surface area contributed by atoms with E-state index in [0.29, 0.717) is 12.8 Å². The van der Waals surface area contributed by atoms with E-state index in [1.54, 1.807) is 6.08 Å². The third-order valence-electron chi connectivity index (χ3n) is 10.7. The zero-order valence-electron chi connectivity index (χ0n) is 34.8. The van der Waals surface area contributed by atoms with Crippen LogP contribution in [0, 0.1) is 0 Å². The molecule has 0 bridgehead atoms. The highest BCUT2D eigenvalue weighted by Gasteiger charge is 2.48. The fourth-order valence-corrected chi connectivity index (χ4v) is 7.62. The number of ether oxygens (including phenoxy) is 2. The van der Waals surface area contributed by atoms with Crippen LogP contribution < -0.4 is 5.32 Å². The van der Waals surface area contributed by atoms with E-state index in [-0.39, 0.29) is 6.42 Å². The fraction of sp³-hybridized carbons (Fsp3) is 0.929. The molecule has 1 saturated heterocycles. The van der Waals surface area contributed by atoms with Crippen molar-refractivity contribution in [2.75, 3.05) is 13.2 Å². The van der Waals surface area contributed by atoms with E-state index in [1.807, 2.05) is 0 Å². The highest BCUT2D eigenvalue weighted by molar-refractivity contribution is 7.80. The molecule has 1 rings (SSSR count). The van der Waals surface area contributed by atoms with Gasteiger partial charge in [-0.25, -0.2) is 4.18 Å². The molecule has 1 amide bonds. The molecule has 56 heavy (non-hydrogen) atoms. The molecule has 332 valence electrons. The summed E-state index contributed by atoms with van der Waals surface area (Å²) in [5.41, 5.74) is 0. The molecule has 0 saturated carbocycles. The van der Waals surface area contributed by atoms with Crippen LogP contribution in [-0.4, -0.2) is 107 Å². The number of hydrogen-bond acceptors (Lipinski definition) is 11. The lowest BCUT2D eigenvalue weighted by Gasteiger charge is -2.41. The topological polar surface area (TPSA) is 212 Å². The molecule has 13 nitrogen and oxygen atoms in total. The average molecular weight is 824 g/mol. The van der Waals surface area contributed by atoms with E-state index in [9.17, 15) is 38.7 Å². The van der Waals surface area contributed by atoms with Crippen molar-refractivity contribution in [1.82, 2.24) is 5.32 Å². The van der Waals surface area contributed by atoms with Gasteiger partial charge in [-0.15, -0.1) is 0 Å². The third-order valence-corrected chi connectivity index (χ3v) is 11.1. The minimum absolute atomic E-state index is 0.247. The van der Waals surface area contributed by atoms with E-state index in [2.05, 4.69) is 23.3 Å². The van der Waals surface area contributed by atoms with Crippen LogP contribution in [0.3, 0.4) is 0 Å². The summed E-state index contributed by atoms with van der Waals surface area (Å²) in [6.07, 6.45) is 23.9. The number of aliphatic hydroxyl groups excluding tert-OH is 5. The van der Waals surface area contributed by atoms with E-state index in [0.717, 1.165) is 38.5 Å². The molecule has 7 N–H and O–H groups in total. The summed E-state index contributed by atoms with van der Waals surface area (Å²) in [6.45, 7) is 3.08. The number of allylic oxidation sites excluding steroid dienone is 1. The molecule has 0 spiro atoms. The molecule has 8 atom stereocenters. The Morgan fingerprint density at radius 1 is 0.714 bits per heavy atom. The minimum Gasteiger partial charge on any atom is -0.394 e. The lowest BCUT2D eigenvalue weighted by molar-refractivity contribution is -0.298. The Balaban J connectivity index is 2.35. The maximum absolute atomic E-state index is 13.0. The lowest BCUT2D eigenvalue weighted by atomic mass is 9.99. The first-order valence-electron chi connectivity index (χ1n) is 22.2. The summed E-state index contributed by atoms with van der Waals surface area (Å²) >= 11 is 0. The van der Waals surface area contributed by atoms with Gasteiger partial charge < -0.3 is 40.3 Å². The molecule has 0 aliphatic carbocycles. The summed E-state index contributed by atoms with van der Waals surface area (Å²) in [6, 6.07) is -1.11. The summed E-state index contributed by atoms with van der Waals surface area (Å²) in [5, 5.41) is 54.6. The van der Waals surface area contributed by atoms with Crippen LogP contribution in [0.1, 0.15) is 187 Å². The van der Waals surface area contributed by atoms with Crippen molar-refractivity contribution < 1.29 is 57.0 Å². The van der Waals surface area contributed by atoms with Gasteiger partial charge in [-0.2, -0.15) is 8.42 Å². The zero-order chi connectivity index (χ0) is 41.4. The first-order chi connectivity index (χ1) is 26.9. The molecule has 1 aliphatic rings. The number of aliphatic hydroxyl groups is 5.